The highest BCUT2D eigenvalue weighted by atomic mass is 32.3. The minimum absolute atomic E-state index is 0.131. The Hall–Kier alpha value is -1.61. The summed E-state index contributed by atoms with van der Waals surface area (Å²) in [6.07, 6.45) is 0. The van der Waals surface area contributed by atoms with Crippen LogP contribution in [0, 0.1) is 23.3 Å². The van der Waals surface area contributed by atoms with Crippen LogP contribution in [0.15, 0.2) is 4.90 Å². The van der Waals surface area contributed by atoms with E-state index in [0.717, 1.165) is 0 Å². The Balaban J connectivity index is 3.64. The molecule has 0 aromatic heterocycles. The lowest BCUT2D eigenvalue weighted by molar-refractivity contribution is -0.0441. The fourth-order valence-electron chi connectivity index (χ4n) is 1.07. The normalized spacial score (nSPS) is 13.4. The van der Waals surface area contributed by atoms with Crippen molar-refractivity contribution in [2.24, 2.45) is 0 Å². The summed E-state index contributed by atoms with van der Waals surface area (Å²) < 4.78 is 132. The molecule has 0 saturated heterocycles. The molecule has 0 aliphatic rings. The van der Waals surface area contributed by atoms with Gasteiger partial charge in [0.05, 0.1) is 0 Å². The van der Waals surface area contributed by atoms with Crippen molar-refractivity contribution in [1.29, 1.82) is 0 Å². The second-order valence-corrected chi connectivity index (χ2v) is 7.02. The van der Waals surface area contributed by atoms with Gasteiger partial charge in [-0.05, 0) is 0 Å². The van der Waals surface area contributed by atoms with Gasteiger partial charge in [0, 0.05) is 0 Å². The fourth-order valence-corrected chi connectivity index (χ4v) is 3.59. The van der Waals surface area contributed by atoms with Gasteiger partial charge in [0.2, 0.25) is 11.6 Å². The second-order valence-electron chi connectivity index (χ2n) is 3.47. The van der Waals surface area contributed by atoms with Crippen LogP contribution < -0.4 is 4.13 Å². The molecule has 0 heterocycles. The van der Waals surface area contributed by atoms with Crippen molar-refractivity contribution >= 4 is 20.0 Å². The molecule has 0 aliphatic heterocycles. The first kappa shape index (κ1) is 18.4. The van der Waals surface area contributed by atoms with Crippen LogP contribution in [0.2, 0.25) is 0 Å². The molecule has 0 bridgehead atoms. The number of phenols is 1. The summed E-state index contributed by atoms with van der Waals surface area (Å²) in [5.74, 6) is -13.2. The summed E-state index contributed by atoms with van der Waals surface area (Å²) in [6, 6.07) is 0. The number of phenolic OH excluding ortho intramolecular Hbond substituents is 1. The van der Waals surface area contributed by atoms with E-state index in [4.69, 9.17) is 5.11 Å². The van der Waals surface area contributed by atoms with Crippen molar-refractivity contribution in [3.8, 4) is 5.75 Å². The van der Waals surface area contributed by atoms with Gasteiger partial charge in [0.25, 0.3) is 10.0 Å². The number of aromatic hydroxyl groups is 1. The van der Waals surface area contributed by atoms with E-state index >= 15 is 0 Å². The van der Waals surface area contributed by atoms with Crippen LogP contribution in [0.3, 0.4) is 0 Å². The number of alkyl halides is 3. The lowest BCUT2D eigenvalue weighted by Crippen LogP contribution is -2.40. The van der Waals surface area contributed by atoms with Gasteiger partial charge < -0.3 is 5.11 Å². The fraction of sp³-hybridized carbons (Fsp3) is 0.143. The van der Waals surface area contributed by atoms with E-state index in [1.165, 1.54) is 0 Å². The van der Waals surface area contributed by atoms with Crippen molar-refractivity contribution in [2.75, 3.05) is 0 Å². The molecule has 0 atom stereocenters. The van der Waals surface area contributed by atoms with Gasteiger partial charge in [0.15, 0.2) is 22.3 Å². The van der Waals surface area contributed by atoms with Gasteiger partial charge in [-0.3, -0.25) is 0 Å². The summed E-state index contributed by atoms with van der Waals surface area (Å²) >= 11 is 0. The van der Waals surface area contributed by atoms with E-state index < -0.39 is 59.5 Å². The average Bonchev–Trinajstić information content (AvgIpc) is 2.31. The zero-order valence-electron chi connectivity index (χ0n) is 9.54. The monoisotopic (exact) mass is 377 g/mol. The van der Waals surface area contributed by atoms with Crippen LogP contribution in [0.5, 0.6) is 5.75 Å². The summed E-state index contributed by atoms with van der Waals surface area (Å²) in [4.78, 5) is -2.69. The van der Waals surface area contributed by atoms with Crippen molar-refractivity contribution in [2.45, 2.75) is 10.4 Å². The molecule has 0 fully saturated rings. The highest BCUT2D eigenvalue weighted by Crippen LogP contribution is 2.32. The van der Waals surface area contributed by atoms with E-state index in [9.17, 15) is 47.6 Å². The third kappa shape index (κ3) is 2.95. The van der Waals surface area contributed by atoms with Crippen LogP contribution in [0.1, 0.15) is 0 Å². The molecule has 0 aliphatic carbocycles. The first-order valence-corrected chi connectivity index (χ1v) is 7.50. The van der Waals surface area contributed by atoms with E-state index in [1.54, 1.807) is 0 Å². The Morgan fingerprint density at radius 1 is 0.818 bits per heavy atom. The standard InChI is InChI=1S/C7H2F7NO5S2/c8-1-3(10)6(4(11)2(9)5(1)16)21(17,18)15-22(19,20)7(12,13)14/h15-16H. The lowest BCUT2D eigenvalue weighted by atomic mass is 10.3. The van der Waals surface area contributed by atoms with Crippen molar-refractivity contribution < 1.29 is 52.7 Å². The minimum Gasteiger partial charge on any atom is -0.503 e. The molecule has 1 aromatic carbocycles. The van der Waals surface area contributed by atoms with E-state index in [-0.39, 0.29) is 4.13 Å². The number of rotatable bonds is 3. The van der Waals surface area contributed by atoms with Gasteiger partial charge >= 0.3 is 15.5 Å². The Morgan fingerprint density at radius 2 is 1.18 bits per heavy atom. The number of sulfonamides is 2. The van der Waals surface area contributed by atoms with Gasteiger partial charge in [-0.1, -0.05) is 4.13 Å². The van der Waals surface area contributed by atoms with Gasteiger partial charge in [-0.25, -0.2) is 25.6 Å². The SMILES string of the molecule is O=S(=O)(NS(=O)(=O)C(F)(F)F)c1c(F)c(F)c(O)c(F)c1F. The Labute approximate surface area is 117 Å². The number of nitrogens with one attached hydrogen (secondary N) is 1. The third-order valence-corrected chi connectivity index (χ3v) is 5.25. The molecule has 0 unspecified atom stereocenters. The molecule has 126 valence electrons. The summed E-state index contributed by atoms with van der Waals surface area (Å²) in [7, 11) is -12.9. The summed E-state index contributed by atoms with van der Waals surface area (Å²) in [5, 5.41) is 8.58. The molecular formula is C7H2F7NO5S2. The molecule has 6 nitrogen and oxygen atoms in total. The first-order valence-electron chi connectivity index (χ1n) is 4.53. The molecule has 0 saturated carbocycles. The Kier molecular flexibility index (Phi) is 4.39. The molecule has 0 spiro atoms. The summed E-state index contributed by atoms with van der Waals surface area (Å²) in [5.41, 5.74) is -6.19. The minimum atomic E-state index is -6.65. The highest BCUT2D eigenvalue weighted by Gasteiger charge is 2.49. The van der Waals surface area contributed by atoms with Crippen molar-refractivity contribution in [1.82, 2.24) is 4.13 Å². The molecular weight excluding hydrogens is 375 g/mol. The maximum atomic E-state index is 13.2. The largest absolute Gasteiger partial charge is 0.512 e. The van der Waals surface area contributed by atoms with Crippen LogP contribution in [0.4, 0.5) is 30.7 Å². The molecule has 15 heteroatoms. The zero-order chi connectivity index (χ0) is 17.7. The predicted octanol–water partition coefficient (Wildman–Crippen LogP) is 1.08. The smallest absolute Gasteiger partial charge is 0.503 e. The first-order chi connectivity index (χ1) is 9.63. The maximum absolute atomic E-state index is 13.2. The zero-order valence-corrected chi connectivity index (χ0v) is 11.2. The maximum Gasteiger partial charge on any atom is 0.512 e. The van der Waals surface area contributed by atoms with Gasteiger partial charge in [0.1, 0.15) is 0 Å². The second kappa shape index (κ2) is 5.24. The Morgan fingerprint density at radius 3 is 1.50 bits per heavy atom. The molecule has 2 N–H and O–H groups in total. The number of hydrogen-bond donors (Lipinski definition) is 2. The van der Waals surface area contributed by atoms with E-state index in [1.807, 2.05) is 0 Å². The van der Waals surface area contributed by atoms with Crippen LogP contribution >= 0.6 is 0 Å². The van der Waals surface area contributed by atoms with Crippen molar-refractivity contribution in [3.63, 3.8) is 0 Å². The average molecular weight is 377 g/mol. The number of benzene rings is 1. The van der Waals surface area contributed by atoms with Crippen molar-refractivity contribution in [3.05, 3.63) is 23.3 Å². The molecule has 22 heavy (non-hydrogen) atoms. The number of hydrogen-bond acceptors (Lipinski definition) is 5. The molecule has 0 amide bonds. The van der Waals surface area contributed by atoms with Gasteiger partial charge in [-0.2, -0.15) is 22.0 Å². The third-order valence-electron chi connectivity index (χ3n) is 1.99. The lowest BCUT2D eigenvalue weighted by Gasteiger charge is -2.12. The van der Waals surface area contributed by atoms with Crippen LogP contribution in [-0.4, -0.2) is 27.5 Å². The van der Waals surface area contributed by atoms with Crippen LogP contribution in [-0.2, 0) is 20.0 Å². The number of halogens is 7. The van der Waals surface area contributed by atoms with E-state index in [0.29, 0.717) is 0 Å². The molecule has 1 rings (SSSR count). The highest BCUT2D eigenvalue weighted by molar-refractivity contribution is 8.05. The molecule has 1 aromatic rings. The topological polar surface area (TPSA) is 101 Å². The van der Waals surface area contributed by atoms with Gasteiger partial charge in [-0.15, -0.1) is 0 Å². The summed E-state index contributed by atoms with van der Waals surface area (Å²) in [6.45, 7) is 0. The van der Waals surface area contributed by atoms with Crippen LogP contribution in [0.25, 0.3) is 0 Å². The molecule has 0 radical (unpaired) electrons. The quantitative estimate of drug-likeness (QED) is 0.607. The Bertz CT molecular complexity index is 801. The van der Waals surface area contributed by atoms with E-state index in [2.05, 4.69) is 0 Å². The predicted molar refractivity (Wildman–Crippen MR) is 53.2 cm³/mol.